The van der Waals surface area contributed by atoms with Crippen molar-refractivity contribution >= 4 is 15.9 Å². The lowest BCUT2D eigenvalue weighted by molar-refractivity contribution is 0.134. The zero-order valence-corrected chi connectivity index (χ0v) is 13.9. The molecule has 2 rings (SSSR count). The van der Waals surface area contributed by atoms with Crippen LogP contribution in [-0.2, 0) is 0 Å². The second kappa shape index (κ2) is 8.65. The molecular weight excluding hydrogens is 316 g/mol. The van der Waals surface area contributed by atoms with E-state index in [1.165, 1.54) is 45.7 Å². The number of hydrogen-bond donors (Lipinski definition) is 0. The Kier molecular flexibility index (Phi) is 6.83. The zero-order valence-electron chi connectivity index (χ0n) is 12.4. The normalized spacial score (nSPS) is 17.3. The Labute approximate surface area is 131 Å². The molecule has 1 aromatic rings. The van der Waals surface area contributed by atoms with E-state index in [9.17, 15) is 0 Å². The summed E-state index contributed by atoms with van der Waals surface area (Å²) in [5.74, 6) is 0.955. The largest absolute Gasteiger partial charge is 0.494 e. The minimum absolute atomic E-state index is 0.811. The van der Waals surface area contributed by atoms with Crippen molar-refractivity contribution in [2.45, 2.75) is 19.8 Å². The number of hydrogen-bond acceptors (Lipinski definition) is 3. The Bertz CT molecular complexity index is 392. The first kappa shape index (κ1) is 15.8. The number of likely N-dealkylation sites (N-methyl/N-ethyl adjacent to an activating group) is 1. The maximum absolute atomic E-state index is 5.75. The van der Waals surface area contributed by atoms with Crippen LogP contribution in [0.5, 0.6) is 5.75 Å². The molecule has 0 aromatic heterocycles. The third-order valence-electron chi connectivity index (χ3n) is 3.85. The Hall–Kier alpha value is -0.580. The maximum Gasteiger partial charge on any atom is 0.120 e. The van der Waals surface area contributed by atoms with E-state index in [-0.39, 0.29) is 0 Å². The lowest BCUT2D eigenvalue weighted by Gasteiger charge is -2.33. The smallest absolute Gasteiger partial charge is 0.120 e. The molecule has 3 nitrogen and oxygen atoms in total. The summed E-state index contributed by atoms with van der Waals surface area (Å²) >= 11 is 3.46. The number of piperazine rings is 1. The van der Waals surface area contributed by atoms with Crippen LogP contribution in [0.15, 0.2) is 28.7 Å². The lowest BCUT2D eigenvalue weighted by Crippen LogP contribution is -2.46. The molecule has 1 fully saturated rings. The molecule has 1 aliphatic heterocycles. The van der Waals surface area contributed by atoms with Crippen molar-refractivity contribution in [1.82, 2.24) is 9.80 Å². The number of rotatable bonds is 7. The van der Waals surface area contributed by atoms with Crippen molar-refractivity contribution in [2.75, 3.05) is 45.9 Å². The first-order valence-corrected chi connectivity index (χ1v) is 8.40. The van der Waals surface area contributed by atoms with Crippen LogP contribution in [0.1, 0.15) is 19.8 Å². The Balaban J connectivity index is 1.54. The van der Waals surface area contributed by atoms with Crippen LogP contribution in [0, 0.1) is 0 Å². The minimum atomic E-state index is 0.811. The highest BCUT2D eigenvalue weighted by Crippen LogP contribution is 2.17. The molecule has 0 spiro atoms. The summed E-state index contributed by atoms with van der Waals surface area (Å²) < 4.78 is 6.83. The first-order chi connectivity index (χ1) is 9.78. The van der Waals surface area contributed by atoms with Crippen LogP contribution in [0.25, 0.3) is 0 Å². The van der Waals surface area contributed by atoms with Gasteiger partial charge in [0.25, 0.3) is 0 Å². The molecule has 0 bridgehead atoms. The molecule has 0 N–H and O–H groups in total. The van der Waals surface area contributed by atoms with E-state index in [1.807, 2.05) is 24.3 Å². The van der Waals surface area contributed by atoms with E-state index in [0.717, 1.165) is 23.2 Å². The topological polar surface area (TPSA) is 15.7 Å². The Morgan fingerprint density at radius 1 is 1.10 bits per heavy atom. The van der Waals surface area contributed by atoms with E-state index in [0.29, 0.717) is 0 Å². The van der Waals surface area contributed by atoms with Crippen molar-refractivity contribution in [3.63, 3.8) is 0 Å². The molecule has 0 radical (unpaired) electrons. The van der Waals surface area contributed by atoms with Gasteiger partial charge in [-0.25, -0.2) is 0 Å². The van der Waals surface area contributed by atoms with Gasteiger partial charge in [-0.05, 0) is 44.1 Å². The van der Waals surface area contributed by atoms with E-state index in [1.54, 1.807) is 0 Å². The Morgan fingerprint density at radius 2 is 1.85 bits per heavy atom. The van der Waals surface area contributed by atoms with E-state index < -0.39 is 0 Å². The summed E-state index contributed by atoms with van der Waals surface area (Å²) in [6.07, 6.45) is 2.35. The maximum atomic E-state index is 5.75. The highest BCUT2D eigenvalue weighted by atomic mass is 79.9. The van der Waals surface area contributed by atoms with Crippen LogP contribution in [0.3, 0.4) is 0 Å². The van der Waals surface area contributed by atoms with Gasteiger partial charge in [-0.15, -0.1) is 0 Å². The van der Waals surface area contributed by atoms with Gasteiger partial charge in [0.2, 0.25) is 0 Å². The van der Waals surface area contributed by atoms with Gasteiger partial charge >= 0.3 is 0 Å². The van der Waals surface area contributed by atoms with E-state index in [2.05, 4.69) is 32.7 Å². The summed E-state index contributed by atoms with van der Waals surface area (Å²) in [7, 11) is 0. The van der Waals surface area contributed by atoms with Crippen LogP contribution in [0.4, 0.5) is 0 Å². The fourth-order valence-electron chi connectivity index (χ4n) is 2.51. The fourth-order valence-corrected chi connectivity index (χ4v) is 2.89. The summed E-state index contributed by atoms with van der Waals surface area (Å²) in [5.41, 5.74) is 0. The second-order valence-electron chi connectivity index (χ2n) is 5.29. The predicted octanol–water partition coefficient (Wildman–Crippen LogP) is 3.25. The monoisotopic (exact) mass is 340 g/mol. The van der Waals surface area contributed by atoms with Gasteiger partial charge in [0.15, 0.2) is 0 Å². The van der Waals surface area contributed by atoms with Crippen LogP contribution < -0.4 is 4.74 Å². The SMILES string of the molecule is CCN1CCN(CCCCOc2cccc(Br)c2)CC1. The van der Waals surface area contributed by atoms with Crippen molar-refractivity contribution < 1.29 is 4.74 Å². The van der Waals surface area contributed by atoms with Gasteiger partial charge in [0.1, 0.15) is 5.75 Å². The van der Waals surface area contributed by atoms with Crippen molar-refractivity contribution in [3.05, 3.63) is 28.7 Å². The van der Waals surface area contributed by atoms with Gasteiger partial charge in [-0.2, -0.15) is 0 Å². The minimum Gasteiger partial charge on any atom is -0.494 e. The standard InChI is InChI=1S/C16H25BrN2O/c1-2-18-9-11-19(12-10-18)8-3-4-13-20-16-7-5-6-15(17)14-16/h5-7,14H,2-4,8-13H2,1H3. The van der Waals surface area contributed by atoms with Gasteiger partial charge in [-0.1, -0.05) is 28.9 Å². The molecule has 0 atom stereocenters. The third kappa shape index (κ3) is 5.43. The molecule has 4 heteroatoms. The molecule has 0 saturated carbocycles. The molecule has 1 aromatic carbocycles. The molecule has 1 saturated heterocycles. The molecule has 0 unspecified atom stereocenters. The summed E-state index contributed by atoms with van der Waals surface area (Å²) in [4.78, 5) is 5.10. The zero-order chi connectivity index (χ0) is 14.2. The number of ether oxygens (including phenoxy) is 1. The highest BCUT2D eigenvalue weighted by molar-refractivity contribution is 9.10. The molecule has 0 aliphatic carbocycles. The summed E-state index contributed by atoms with van der Waals surface area (Å²) in [5, 5.41) is 0. The number of halogens is 1. The van der Waals surface area contributed by atoms with Gasteiger partial charge in [0.05, 0.1) is 6.61 Å². The van der Waals surface area contributed by atoms with Crippen molar-refractivity contribution in [2.24, 2.45) is 0 Å². The second-order valence-corrected chi connectivity index (χ2v) is 6.20. The number of unbranched alkanes of at least 4 members (excludes halogenated alkanes) is 1. The molecule has 0 amide bonds. The van der Waals surface area contributed by atoms with Gasteiger partial charge < -0.3 is 14.5 Å². The van der Waals surface area contributed by atoms with Crippen LogP contribution >= 0.6 is 15.9 Å². The van der Waals surface area contributed by atoms with Gasteiger partial charge in [-0.3, -0.25) is 0 Å². The molecule has 20 heavy (non-hydrogen) atoms. The lowest BCUT2D eigenvalue weighted by atomic mass is 10.2. The van der Waals surface area contributed by atoms with Gasteiger partial charge in [0, 0.05) is 30.7 Å². The average molecular weight is 341 g/mol. The average Bonchev–Trinajstić information content (AvgIpc) is 2.48. The fraction of sp³-hybridized carbons (Fsp3) is 0.625. The molecule has 1 heterocycles. The predicted molar refractivity (Wildman–Crippen MR) is 87.4 cm³/mol. The summed E-state index contributed by atoms with van der Waals surface area (Å²) in [6, 6.07) is 8.05. The Morgan fingerprint density at radius 3 is 2.55 bits per heavy atom. The van der Waals surface area contributed by atoms with E-state index in [4.69, 9.17) is 4.74 Å². The number of nitrogens with zero attached hydrogens (tertiary/aromatic N) is 2. The number of benzene rings is 1. The van der Waals surface area contributed by atoms with Crippen LogP contribution in [0.2, 0.25) is 0 Å². The molecule has 112 valence electrons. The molecular formula is C16H25BrN2O. The summed E-state index contributed by atoms with van der Waals surface area (Å²) in [6.45, 7) is 10.4. The van der Waals surface area contributed by atoms with Crippen LogP contribution in [-0.4, -0.2) is 55.7 Å². The molecule has 1 aliphatic rings. The first-order valence-electron chi connectivity index (χ1n) is 7.61. The van der Waals surface area contributed by atoms with E-state index >= 15 is 0 Å². The highest BCUT2D eigenvalue weighted by Gasteiger charge is 2.14. The van der Waals surface area contributed by atoms with Crippen molar-refractivity contribution in [3.8, 4) is 5.75 Å². The quantitative estimate of drug-likeness (QED) is 0.708. The van der Waals surface area contributed by atoms with Crippen molar-refractivity contribution in [1.29, 1.82) is 0 Å². The third-order valence-corrected chi connectivity index (χ3v) is 4.34.